The van der Waals surface area contributed by atoms with Crippen LogP contribution < -0.4 is 21.3 Å². The van der Waals surface area contributed by atoms with E-state index in [1.165, 1.54) is 11.3 Å². The van der Waals surface area contributed by atoms with E-state index in [2.05, 4.69) is 31.2 Å². The number of aromatic nitrogens is 1. The van der Waals surface area contributed by atoms with Gasteiger partial charge in [-0.05, 0) is 83.5 Å². The Bertz CT molecular complexity index is 1430. The van der Waals surface area contributed by atoms with Crippen LogP contribution in [0.15, 0.2) is 65.2 Å². The van der Waals surface area contributed by atoms with Gasteiger partial charge < -0.3 is 24.8 Å². The Hall–Kier alpha value is -4.98. The third kappa shape index (κ3) is 12.5. The average molecular weight is 625 g/mol. The maximum Gasteiger partial charge on any atom is 0.414 e. The number of carbonyl (C=O) groups is 4. The Labute approximate surface area is 259 Å². The van der Waals surface area contributed by atoms with E-state index in [1.54, 1.807) is 102 Å². The van der Waals surface area contributed by atoms with Gasteiger partial charge in [0.1, 0.15) is 17.8 Å². The van der Waals surface area contributed by atoms with Crippen molar-refractivity contribution in [2.24, 2.45) is 4.99 Å². The van der Waals surface area contributed by atoms with Crippen molar-refractivity contribution in [3.63, 3.8) is 0 Å². The highest BCUT2D eigenvalue weighted by molar-refractivity contribution is 7.09. The van der Waals surface area contributed by atoms with Crippen LogP contribution in [0.25, 0.3) is 0 Å². The van der Waals surface area contributed by atoms with Gasteiger partial charge in [-0.2, -0.15) is 0 Å². The molecule has 0 aliphatic rings. The molecule has 1 aromatic heterocycles. The fourth-order valence-corrected chi connectivity index (χ4v) is 3.79. The smallest absolute Gasteiger partial charge is 0.414 e. The summed E-state index contributed by atoms with van der Waals surface area (Å²) in [5.41, 5.74) is 2.17. The molecule has 0 radical (unpaired) electrons. The summed E-state index contributed by atoms with van der Waals surface area (Å²) in [5.74, 6) is -0.578. The Morgan fingerprint density at radius 1 is 0.818 bits per heavy atom. The van der Waals surface area contributed by atoms with Crippen molar-refractivity contribution in [2.75, 3.05) is 5.32 Å². The van der Waals surface area contributed by atoms with Gasteiger partial charge in [0.25, 0.3) is 5.91 Å². The van der Waals surface area contributed by atoms with E-state index in [0.717, 1.165) is 10.4 Å². The van der Waals surface area contributed by atoms with Crippen LogP contribution in [-0.4, -0.2) is 46.3 Å². The Kier molecular flexibility index (Phi) is 11.4. The molecule has 4 amide bonds. The fourth-order valence-electron chi connectivity index (χ4n) is 3.29. The van der Waals surface area contributed by atoms with Crippen molar-refractivity contribution in [3.8, 4) is 0 Å². The van der Waals surface area contributed by atoms with Gasteiger partial charge in [-0.3, -0.25) is 20.4 Å². The molecular weight excluding hydrogens is 588 g/mol. The molecule has 1 heterocycles. The minimum atomic E-state index is -0.822. The normalized spacial score (nSPS) is 11.0. The number of aliphatic imine (C=N–C) groups is 1. The molecule has 44 heavy (non-hydrogen) atoms. The lowest BCUT2D eigenvalue weighted by molar-refractivity contribution is 0.0544. The number of carbonyl (C=O) groups excluding carboxylic acids is 4. The summed E-state index contributed by atoms with van der Waals surface area (Å²) in [4.78, 5) is 58.4. The number of nitrogens with one attached hydrogen (secondary N) is 4. The maximum absolute atomic E-state index is 12.8. The molecule has 13 nitrogen and oxygen atoms in total. The van der Waals surface area contributed by atoms with E-state index < -0.39 is 29.5 Å². The molecule has 234 valence electrons. The molecule has 0 saturated heterocycles. The number of amides is 4. The molecule has 0 spiro atoms. The minimum absolute atomic E-state index is 0.155. The molecule has 0 bridgehead atoms. The monoisotopic (exact) mass is 624 g/mol. The Morgan fingerprint density at radius 3 is 1.93 bits per heavy atom. The number of alkyl carbamates (subject to hydrolysis) is 3. The summed E-state index contributed by atoms with van der Waals surface area (Å²) in [6.07, 6.45) is -0.548. The summed E-state index contributed by atoms with van der Waals surface area (Å²) < 4.78 is 15.6. The zero-order valence-corrected chi connectivity index (χ0v) is 26.2. The third-order valence-corrected chi connectivity index (χ3v) is 5.84. The number of anilines is 1. The number of rotatable bonds is 7. The first-order valence-electron chi connectivity index (χ1n) is 13.5. The van der Waals surface area contributed by atoms with Crippen LogP contribution in [0.1, 0.15) is 62.3 Å². The van der Waals surface area contributed by atoms with Crippen LogP contribution in [0.5, 0.6) is 0 Å². The van der Waals surface area contributed by atoms with Gasteiger partial charge in [0.05, 0.1) is 16.1 Å². The number of ether oxygens (including phenoxy) is 3. The van der Waals surface area contributed by atoms with Gasteiger partial charge >= 0.3 is 18.3 Å². The van der Waals surface area contributed by atoms with E-state index in [1.807, 2.05) is 0 Å². The third-order valence-electron chi connectivity index (χ3n) is 5.09. The summed E-state index contributed by atoms with van der Waals surface area (Å²) >= 11 is 1.40. The molecule has 0 unspecified atom stereocenters. The van der Waals surface area contributed by atoms with Crippen molar-refractivity contribution in [1.29, 1.82) is 0 Å². The van der Waals surface area contributed by atoms with Gasteiger partial charge in [0.2, 0.25) is 5.96 Å². The molecule has 14 heteroatoms. The molecule has 2 aromatic carbocycles. The van der Waals surface area contributed by atoms with Crippen LogP contribution in [0.3, 0.4) is 0 Å². The first kappa shape index (κ1) is 33.5. The predicted molar refractivity (Wildman–Crippen MR) is 166 cm³/mol. The molecule has 3 rings (SSSR count). The van der Waals surface area contributed by atoms with E-state index >= 15 is 0 Å². The maximum atomic E-state index is 12.8. The largest absolute Gasteiger partial charge is 0.444 e. The molecule has 0 atom stereocenters. The van der Waals surface area contributed by atoms with Crippen LogP contribution in [-0.2, 0) is 27.4 Å². The lowest BCUT2D eigenvalue weighted by atomic mass is 10.1. The van der Waals surface area contributed by atoms with Crippen molar-refractivity contribution in [2.45, 2.75) is 65.9 Å². The zero-order valence-electron chi connectivity index (χ0n) is 25.3. The van der Waals surface area contributed by atoms with Crippen LogP contribution in [0, 0.1) is 0 Å². The highest BCUT2D eigenvalue weighted by Gasteiger charge is 2.21. The standard InChI is InChI=1S/C30H36N6O7S/c1-29(2,3)42-27(39)35-25(36-28(40)43-30(4,5)6)34-22-13-9-20(10-14-22)24(37)33-21-11-7-19(8-12-21)15-32-26(38)41-17-23-16-31-18-44-23/h7-14,16,18H,15,17H2,1-6H3,(H,32,38)(H,33,37)(H2,34,35,36,39,40). The number of benzene rings is 2. The number of thiazole rings is 1. The van der Waals surface area contributed by atoms with Gasteiger partial charge in [-0.25, -0.2) is 19.4 Å². The average Bonchev–Trinajstić information content (AvgIpc) is 3.43. The number of guanidine groups is 1. The van der Waals surface area contributed by atoms with Crippen molar-refractivity contribution < 1.29 is 33.4 Å². The molecule has 0 aliphatic carbocycles. The summed E-state index contributed by atoms with van der Waals surface area (Å²) in [6, 6.07) is 13.2. The van der Waals surface area contributed by atoms with Crippen molar-refractivity contribution in [1.82, 2.24) is 20.9 Å². The van der Waals surface area contributed by atoms with Gasteiger partial charge in [-0.1, -0.05) is 12.1 Å². The lowest BCUT2D eigenvalue weighted by Crippen LogP contribution is -2.47. The topological polar surface area (TPSA) is 169 Å². The van der Waals surface area contributed by atoms with E-state index in [9.17, 15) is 19.2 Å². The zero-order chi connectivity index (χ0) is 32.3. The fraction of sp³-hybridized carbons (Fsp3) is 0.333. The summed E-state index contributed by atoms with van der Waals surface area (Å²) in [7, 11) is 0. The SMILES string of the molecule is CC(C)(C)OC(=O)NC(=Nc1ccc(C(=O)Nc2ccc(CNC(=O)OCc3cncs3)cc2)cc1)NC(=O)OC(C)(C)C. The first-order valence-corrected chi connectivity index (χ1v) is 14.4. The number of hydrogen-bond donors (Lipinski definition) is 4. The highest BCUT2D eigenvalue weighted by atomic mass is 32.1. The van der Waals surface area contributed by atoms with Crippen molar-refractivity contribution in [3.05, 3.63) is 76.2 Å². The van der Waals surface area contributed by atoms with Crippen LogP contribution >= 0.6 is 11.3 Å². The minimum Gasteiger partial charge on any atom is -0.444 e. The molecule has 4 N–H and O–H groups in total. The molecular formula is C30H36N6O7S. The second-order valence-electron chi connectivity index (χ2n) is 11.3. The second-order valence-corrected chi connectivity index (χ2v) is 12.3. The summed E-state index contributed by atoms with van der Waals surface area (Å²) in [6.45, 7) is 10.6. The molecule has 0 saturated carbocycles. The molecule has 3 aromatic rings. The highest BCUT2D eigenvalue weighted by Crippen LogP contribution is 2.16. The van der Waals surface area contributed by atoms with E-state index in [-0.39, 0.29) is 25.0 Å². The first-order chi connectivity index (χ1) is 20.6. The van der Waals surface area contributed by atoms with Crippen LogP contribution in [0.2, 0.25) is 0 Å². The van der Waals surface area contributed by atoms with Gasteiger partial charge in [-0.15, -0.1) is 11.3 Å². The Balaban J connectivity index is 1.58. The number of hydrogen-bond acceptors (Lipinski definition) is 10. The Morgan fingerprint density at radius 2 is 1.41 bits per heavy atom. The summed E-state index contributed by atoms with van der Waals surface area (Å²) in [5, 5.41) is 10.3. The second kappa shape index (κ2) is 15.0. The van der Waals surface area contributed by atoms with Gasteiger partial charge in [0, 0.05) is 24.0 Å². The van der Waals surface area contributed by atoms with Gasteiger partial charge in [0.15, 0.2) is 0 Å². The predicted octanol–water partition coefficient (Wildman–Crippen LogP) is 5.86. The lowest BCUT2D eigenvalue weighted by Gasteiger charge is -2.22. The molecule has 0 aliphatic heterocycles. The van der Waals surface area contributed by atoms with E-state index in [4.69, 9.17) is 14.2 Å². The quantitative estimate of drug-likeness (QED) is 0.144. The number of nitrogens with zero attached hydrogens (tertiary/aromatic N) is 2. The van der Waals surface area contributed by atoms with Crippen molar-refractivity contribution >= 4 is 52.9 Å². The molecule has 0 fully saturated rings. The van der Waals surface area contributed by atoms with Crippen LogP contribution in [0.4, 0.5) is 25.8 Å². The van der Waals surface area contributed by atoms with E-state index in [0.29, 0.717) is 16.9 Å².